The van der Waals surface area contributed by atoms with Gasteiger partial charge in [-0.05, 0) is 61.7 Å². The number of carbonyl (C=O) groups excluding carboxylic acids is 3. The molecule has 0 saturated carbocycles. The Morgan fingerprint density at radius 1 is 0.727 bits per heavy atom. The molecule has 1 heterocycles. The Balaban J connectivity index is -0.000000159. The fourth-order valence-electron chi connectivity index (χ4n) is 4.65. The standard InChI is InChI=1S/C10H18O3.C9H15NO2.C9H16O4.I3.I2.HI/c1-7(2)4-9(5-8(3)11)6-10(12)13;1-6(2)3-7-4-8(11)10-9(12)5-7;1-6(2)3-7(4-8(10)11)5-9(12)13;1-3-2;1-2;/h7,9H,4-6H2,1-3H3,(H,12,13);6-7H,3-5H2,1-2H3,(H,10,11,12);6-7H,3-5H2,1-2H3,(H,10,11)(H,12,13);;;1H/q;;;-1;;/t9-;;;;;/m1...../s1. The van der Waals surface area contributed by atoms with Gasteiger partial charge in [0.15, 0.2) is 0 Å². The molecule has 0 aliphatic carbocycles. The van der Waals surface area contributed by atoms with Crippen molar-refractivity contribution in [3.8, 4) is 0 Å². The number of carboxylic acid groups (broad SMARTS) is 3. The zero-order chi connectivity index (χ0) is 34.7. The summed E-state index contributed by atoms with van der Waals surface area (Å²) in [6, 6.07) is 0. The molecule has 44 heavy (non-hydrogen) atoms. The fraction of sp³-hybridized carbons (Fsp3) is 0.786. The van der Waals surface area contributed by atoms with Crippen LogP contribution < -0.4 is 18.6 Å². The molecule has 4 N–H and O–H groups in total. The first kappa shape index (κ1) is 55.0. The van der Waals surface area contributed by atoms with E-state index >= 15 is 0 Å². The van der Waals surface area contributed by atoms with Crippen LogP contribution >= 0.6 is 98.4 Å². The first-order valence-electron chi connectivity index (χ1n) is 13.8. The van der Waals surface area contributed by atoms with E-state index in [4.69, 9.17) is 15.3 Å². The van der Waals surface area contributed by atoms with Crippen LogP contribution in [0.5, 0.6) is 0 Å². The molecule has 1 fully saturated rings. The molecule has 1 atom stereocenters. The van der Waals surface area contributed by atoms with Crippen molar-refractivity contribution in [1.29, 1.82) is 0 Å². The molecule has 0 unspecified atom stereocenters. The maximum absolute atomic E-state index is 10.9. The number of hydrogen-bond acceptors (Lipinski definition) is 6. The van der Waals surface area contributed by atoms with Gasteiger partial charge in [0, 0.05) is 75.8 Å². The summed E-state index contributed by atoms with van der Waals surface area (Å²) in [6.07, 6.45) is 3.87. The Bertz CT molecular complexity index is 724. The molecule has 1 aliphatic heterocycles. The number of piperidine rings is 1. The Labute approximate surface area is 333 Å². The number of aliphatic carboxylic acids is 3. The molecule has 1 rings (SSSR count). The second kappa shape index (κ2) is 35.9. The van der Waals surface area contributed by atoms with Crippen LogP contribution in [0.25, 0.3) is 0 Å². The van der Waals surface area contributed by atoms with Gasteiger partial charge in [-0.3, -0.25) is 29.3 Å². The Morgan fingerprint density at radius 3 is 1.25 bits per heavy atom. The predicted octanol–water partition coefficient (Wildman–Crippen LogP) is 5.95. The van der Waals surface area contributed by atoms with E-state index in [1.807, 2.05) is 27.7 Å². The van der Waals surface area contributed by atoms with Gasteiger partial charge in [-0.1, -0.05) is 41.5 Å². The number of carboxylic acids is 3. The van der Waals surface area contributed by atoms with Crippen LogP contribution in [0.2, 0.25) is 0 Å². The van der Waals surface area contributed by atoms with E-state index in [0.717, 1.165) is 12.8 Å². The van der Waals surface area contributed by atoms with Crippen molar-refractivity contribution < 1.29 is 57.3 Å². The Morgan fingerprint density at radius 2 is 1.02 bits per heavy atom. The van der Waals surface area contributed by atoms with Gasteiger partial charge in [0.1, 0.15) is 5.78 Å². The van der Waals surface area contributed by atoms with Crippen LogP contribution in [0.1, 0.15) is 106 Å². The molecule has 1 saturated heterocycles. The second-order valence-corrected chi connectivity index (χ2v) is 27.9. The van der Waals surface area contributed by atoms with Crippen LogP contribution in [0.4, 0.5) is 0 Å². The molecular weight excluding hydrogens is 1260 g/mol. The average Bonchev–Trinajstić information content (AvgIpc) is 2.78. The van der Waals surface area contributed by atoms with Gasteiger partial charge in [0.2, 0.25) is 11.8 Å². The summed E-state index contributed by atoms with van der Waals surface area (Å²) in [5.41, 5.74) is 0. The Hall–Kier alpha value is 1.60. The van der Waals surface area contributed by atoms with Gasteiger partial charge >= 0.3 is 68.4 Å². The molecule has 2 amide bonds. The van der Waals surface area contributed by atoms with Gasteiger partial charge in [0.25, 0.3) is 0 Å². The van der Waals surface area contributed by atoms with E-state index in [1.165, 1.54) is 6.92 Å². The zero-order valence-electron chi connectivity index (χ0n) is 26.4. The average molecular weight is 1310 g/mol. The minimum atomic E-state index is -0.924. The molecule has 0 spiro atoms. The fourth-order valence-corrected chi connectivity index (χ4v) is 4.65. The first-order valence-corrected chi connectivity index (χ1v) is 32.7. The third-order valence-corrected chi connectivity index (χ3v) is 5.61. The van der Waals surface area contributed by atoms with E-state index in [9.17, 15) is 28.8 Å². The van der Waals surface area contributed by atoms with Crippen LogP contribution in [0, 0.1) is 35.5 Å². The molecule has 0 radical (unpaired) electrons. The maximum atomic E-state index is 10.9. The quantitative estimate of drug-likeness (QED) is 0.121. The number of rotatable bonds is 14. The van der Waals surface area contributed by atoms with Crippen LogP contribution in [0.3, 0.4) is 0 Å². The molecule has 0 aromatic rings. The van der Waals surface area contributed by atoms with Gasteiger partial charge < -0.3 is 20.1 Å². The number of hydrogen-bond donors (Lipinski definition) is 4. The number of halogens is 6. The number of nitrogens with one attached hydrogen (secondary N) is 1. The predicted molar refractivity (Wildman–Crippen MR) is 215 cm³/mol. The molecule has 0 bridgehead atoms. The summed E-state index contributed by atoms with van der Waals surface area (Å²) < 4.78 is 0. The van der Waals surface area contributed by atoms with E-state index in [0.29, 0.717) is 56.7 Å². The van der Waals surface area contributed by atoms with Crippen molar-refractivity contribution in [2.75, 3.05) is 0 Å². The van der Waals surface area contributed by atoms with Crippen molar-refractivity contribution >= 4 is 134 Å². The summed E-state index contributed by atoms with van der Waals surface area (Å²) in [6.45, 7) is 13.7. The minimum absolute atomic E-state index is 0. The Kier molecular flexibility index (Phi) is 44.9. The first-order chi connectivity index (χ1) is 19.8. The van der Waals surface area contributed by atoms with Crippen molar-refractivity contribution in [2.45, 2.75) is 106 Å². The van der Waals surface area contributed by atoms with E-state index in [1.54, 1.807) is 0 Å². The number of Topliss-reactive ketones (excluding diaryl/α,β-unsaturated/α-hetero) is 1. The second-order valence-electron chi connectivity index (χ2n) is 11.6. The SMILES string of the molecule is CC(=O)C[C@H](CC(=O)O)CC(C)C.CC(C)CC(CC(=O)O)CC(=O)O.CC(C)CC1CC(=O)NC(=O)C1.I.II.I[I-]I. The summed E-state index contributed by atoms with van der Waals surface area (Å²) in [5, 5.41) is 27.9. The summed E-state index contributed by atoms with van der Waals surface area (Å²) in [4.78, 5) is 63.9. The summed E-state index contributed by atoms with van der Waals surface area (Å²) >= 11 is 9.54. The van der Waals surface area contributed by atoms with Crippen LogP contribution in [-0.2, 0) is 28.8 Å². The molecule has 0 aromatic carbocycles. The third kappa shape index (κ3) is 45.7. The van der Waals surface area contributed by atoms with Crippen molar-refractivity contribution in [2.24, 2.45) is 35.5 Å². The summed E-state index contributed by atoms with van der Waals surface area (Å²) in [5.74, 6) is -1.43. The van der Waals surface area contributed by atoms with Gasteiger partial charge in [-0.25, -0.2) is 0 Å². The van der Waals surface area contributed by atoms with Gasteiger partial charge in [0.05, 0.1) is 0 Å². The summed E-state index contributed by atoms with van der Waals surface area (Å²) in [7, 11) is 0. The van der Waals surface area contributed by atoms with E-state index in [-0.39, 0.29) is 78.6 Å². The van der Waals surface area contributed by atoms with Crippen molar-refractivity contribution in [3.63, 3.8) is 0 Å². The number of ketones is 1. The molecule has 16 heteroatoms. The van der Waals surface area contributed by atoms with E-state index in [2.05, 4.69) is 93.6 Å². The topological polar surface area (TPSA) is 175 Å². The van der Waals surface area contributed by atoms with E-state index < -0.39 is 17.9 Å². The van der Waals surface area contributed by atoms with Gasteiger partial charge in [-0.15, -0.1) is 24.0 Å². The molecule has 10 nitrogen and oxygen atoms in total. The van der Waals surface area contributed by atoms with Crippen molar-refractivity contribution in [3.05, 3.63) is 0 Å². The zero-order valence-corrected chi connectivity index (χ0v) is 39.5. The normalized spacial score (nSPS) is 13.1. The molecule has 0 aromatic heterocycles. The van der Waals surface area contributed by atoms with Crippen molar-refractivity contribution in [1.82, 2.24) is 5.32 Å². The molecule has 264 valence electrons. The number of imide groups is 1. The molecule has 1 aliphatic rings. The number of amides is 2. The number of carbonyl (C=O) groups is 6. The monoisotopic (exact) mass is 1310 g/mol. The molecular formula is C28H50I6NO9-. The third-order valence-electron chi connectivity index (χ3n) is 5.61. The van der Waals surface area contributed by atoms with Crippen LogP contribution in [0.15, 0.2) is 0 Å². The van der Waals surface area contributed by atoms with Gasteiger partial charge in [-0.2, -0.15) is 0 Å². The van der Waals surface area contributed by atoms with Crippen LogP contribution in [-0.4, -0.2) is 50.8 Å².